The zero-order valence-electron chi connectivity index (χ0n) is 16.1. The van der Waals surface area contributed by atoms with Crippen LogP contribution in [0, 0.1) is 0 Å². The van der Waals surface area contributed by atoms with Gasteiger partial charge in [0, 0.05) is 11.3 Å². The van der Waals surface area contributed by atoms with E-state index in [0.717, 1.165) is 19.3 Å². The predicted octanol–water partition coefficient (Wildman–Crippen LogP) is 3.52. The first-order valence-electron chi connectivity index (χ1n) is 9.47. The Kier molecular flexibility index (Phi) is 7.02. The molecule has 0 aliphatic heterocycles. The minimum atomic E-state index is -3.45. The van der Waals surface area contributed by atoms with Gasteiger partial charge in [-0.05, 0) is 56.2 Å². The topological polar surface area (TPSA) is 106 Å². The van der Waals surface area contributed by atoms with Gasteiger partial charge >= 0.3 is 0 Å². The lowest BCUT2D eigenvalue weighted by atomic mass is 10.0. The first-order valence-corrected chi connectivity index (χ1v) is 12.0. The summed E-state index contributed by atoms with van der Waals surface area (Å²) >= 11 is 1.18. The SMILES string of the molecule is CC(=O)c1ccc(NC(=O)CSc2ccc(S(=O)(=O)C3CCCCC3)nn2)cc1. The van der Waals surface area contributed by atoms with E-state index < -0.39 is 9.84 Å². The predicted molar refractivity (Wildman–Crippen MR) is 112 cm³/mol. The summed E-state index contributed by atoms with van der Waals surface area (Å²) in [5.41, 5.74) is 1.18. The van der Waals surface area contributed by atoms with Gasteiger partial charge < -0.3 is 5.32 Å². The van der Waals surface area contributed by atoms with Crippen LogP contribution in [0.3, 0.4) is 0 Å². The number of Topliss-reactive ketones (excluding diaryl/α,β-unsaturated/α-hetero) is 1. The molecule has 9 heteroatoms. The molecule has 1 heterocycles. The number of rotatable bonds is 7. The summed E-state index contributed by atoms with van der Waals surface area (Å²) in [6.45, 7) is 1.48. The molecule has 2 aromatic rings. The largest absolute Gasteiger partial charge is 0.325 e. The molecule has 7 nitrogen and oxygen atoms in total. The van der Waals surface area contributed by atoms with Gasteiger partial charge in [-0.25, -0.2) is 8.42 Å². The van der Waals surface area contributed by atoms with Gasteiger partial charge in [-0.3, -0.25) is 9.59 Å². The van der Waals surface area contributed by atoms with Crippen LogP contribution in [0.2, 0.25) is 0 Å². The van der Waals surface area contributed by atoms with Gasteiger partial charge in [0.05, 0.1) is 11.0 Å². The molecule has 29 heavy (non-hydrogen) atoms. The van der Waals surface area contributed by atoms with Gasteiger partial charge in [0.2, 0.25) is 5.91 Å². The first-order chi connectivity index (χ1) is 13.9. The highest BCUT2D eigenvalue weighted by Gasteiger charge is 2.30. The second-order valence-electron chi connectivity index (χ2n) is 6.99. The highest BCUT2D eigenvalue weighted by atomic mass is 32.2. The molecule has 3 rings (SSSR count). The molecule has 1 amide bonds. The number of carbonyl (C=O) groups excluding carboxylic acids is 2. The number of sulfone groups is 1. The number of carbonyl (C=O) groups is 2. The van der Waals surface area contributed by atoms with Crippen LogP contribution >= 0.6 is 11.8 Å². The lowest BCUT2D eigenvalue weighted by Gasteiger charge is -2.20. The molecule has 0 bridgehead atoms. The highest BCUT2D eigenvalue weighted by Crippen LogP contribution is 2.28. The summed E-state index contributed by atoms with van der Waals surface area (Å²) in [4.78, 5) is 23.4. The summed E-state index contributed by atoms with van der Waals surface area (Å²) in [5.74, 6) is -0.157. The third kappa shape index (κ3) is 5.63. The number of nitrogens with one attached hydrogen (secondary N) is 1. The lowest BCUT2D eigenvalue weighted by Crippen LogP contribution is -2.25. The van der Waals surface area contributed by atoms with E-state index >= 15 is 0 Å². The van der Waals surface area contributed by atoms with Crippen LogP contribution < -0.4 is 5.32 Å². The molecule has 0 atom stereocenters. The molecule has 0 unspecified atom stereocenters. The zero-order chi connectivity index (χ0) is 20.9. The van der Waals surface area contributed by atoms with Crippen molar-refractivity contribution in [3.8, 4) is 0 Å². The number of benzene rings is 1. The third-order valence-electron chi connectivity index (χ3n) is 4.82. The van der Waals surface area contributed by atoms with E-state index in [4.69, 9.17) is 0 Å². The summed E-state index contributed by atoms with van der Waals surface area (Å²) in [6.07, 6.45) is 4.29. The van der Waals surface area contributed by atoms with Gasteiger partial charge in [0.15, 0.2) is 20.6 Å². The molecular weight excluding hydrogens is 410 g/mol. The molecule has 0 saturated heterocycles. The molecular formula is C20H23N3O4S2. The van der Waals surface area contributed by atoms with E-state index in [1.165, 1.54) is 24.8 Å². The van der Waals surface area contributed by atoms with Crippen molar-refractivity contribution in [2.45, 2.75) is 54.3 Å². The summed E-state index contributed by atoms with van der Waals surface area (Å²) in [6, 6.07) is 9.71. The quantitative estimate of drug-likeness (QED) is 0.526. The van der Waals surface area contributed by atoms with E-state index in [0.29, 0.717) is 29.1 Å². The molecule has 1 aliphatic rings. The van der Waals surface area contributed by atoms with Crippen molar-refractivity contribution in [1.82, 2.24) is 10.2 Å². The van der Waals surface area contributed by atoms with Crippen molar-refractivity contribution >= 4 is 39.0 Å². The number of amides is 1. The number of hydrogen-bond acceptors (Lipinski definition) is 7. The molecule has 1 N–H and O–H groups in total. The van der Waals surface area contributed by atoms with Gasteiger partial charge in [0.25, 0.3) is 0 Å². The molecule has 1 saturated carbocycles. The van der Waals surface area contributed by atoms with Crippen LogP contribution in [0.15, 0.2) is 46.5 Å². The molecule has 1 aliphatic carbocycles. The second-order valence-corrected chi connectivity index (χ2v) is 10.2. The van der Waals surface area contributed by atoms with Crippen LogP contribution in [-0.2, 0) is 14.6 Å². The van der Waals surface area contributed by atoms with Crippen molar-refractivity contribution in [3.05, 3.63) is 42.0 Å². The highest BCUT2D eigenvalue weighted by molar-refractivity contribution is 7.99. The fourth-order valence-corrected chi connectivity index (χ4v) is 5.53. The van der Waals surface area contributed by atoms with Crippen molar-refractivity contribution < 1.29 is 18.0 Å². The van der Waals surface area contributed by atoms with Crippen molar-refractivity contribution in [2.75, 3.05) is 11.1 Å². The molecule has 1 fully saturated rings. The van der Waals surface area contributed by atoms with Crippen molar-refractivity contribution in [3.63, 3.8) is 0 Å². The lowest BCUT2D eigenvalue weighted by molar-refractivity contribution is -0.113. The number of thioether (sulfide) groups is 1. The Morgan fingerprint density at radius 3 is 2.31 bits per heavy atom. The Hall–Kier alpha value is -2.26. The number of aromatic nitrogens is 2. The van der Waals surface area contributed by atoms with Crippen LogP contribution in [0.25, 0.3) is 0 Å². The number of anilines is 1. The van der Waals surface area contributed by atoms with Gasteiger partial charge in [0.1, 0.15) is 5.03 Å². The average Bonchev–Trinajstić information content (AvgIpc) is 2.73. The zero-order valence-corrected chi connectivity index (χ0v) is 17.8. The maximum absolute atomic E-state index is 12.6. The average molecular weight is 434 g/mol. The molecule has 154 valence electrons. The standard InChI is InChI=1S/C20H23N3O4S2/c1-14(24)15-7-9-16(10-8-15)21-18(25)13-28-19-11-12-20(23-22-19)29(26,27)17-5-3-2-4-6-17/h7-12,17H,2-6,13H2,1H3,(H,21,25). The van der Waals surface area contributed by atoms with Crippen LogP contribution in [0.5, 0.6) is 0 Å². The summed E-state index contributed by atoms with van der Waals surface area (Å²) in [5, 5.41) is 10.7. The van der Waals surface area contributed by atoms with E-state index in [1.807, 2.05) is 0 Å². The third-order valence-corrected chi connectivity index (χ3v) is 7.89. The number of nitrogens with zero attached hydrogens (tertiary/aromatic N) is 2. The van der Waals surface area contributed by atoms with Crippen molar-refractivity contribution in [1.29, 1.82) is 0 Å². The normalized spacial score (nSPS) is 15.1. The van der Waals surface area contributed by atoms with E-state index in [2.05, 4.69) is 15.5 Å². The van der Waals surface area contributed by atoms with Crippen LogP contribution in [-0.4, -0.2) is 41.3 Å². The van der Waals surface area contributed by atoms with E-state index in [-0.39, 0.29) is 27.7 Å². The Labute approximate surface area is 174 Å². The van der Waals surface area contributed by atoms with Gasteiger partial charge in [-0.1, -0.05) is 31.0 Å². The molecule has 0 spiro atoms. The molecule has 0 radical (unpaired) electrons. The van der Waals surface area contributed by atoms with E-state index in [9.17, 15) is 18.0 Å². The second kappa shape index (κ2) is 9.49. The minimum Gasteiger partial charge on any atom is -0.325 e. The minimum absolute atomic E-state index is 0.00348. The molecule has 1 aromatic carbocycles. The number of hydrogen-bond donors (Lipinski definition) is 1. The maximum Gasteiger partial charge on any atom is 0.234 e. The van der Waals surface area contributed by atoms with E-state index in [1.54, 1.807) is 30.3 Å². The summed E-state index contributed by atoms with van der Waals surface area (Å²) in [7, 11) is -3.45. The Morgan fingerprint density at radius 1 is 1.03 bits per heavy atom. The monoisotopic (exact) mass is 433 g/mol. The number of ketones is 1. The Morgan fingerprint density at radius 2 is 1.72 bits per heavy atom. The van der Waals surface area contributed by atoms with Crippen LogP contribution in [0.1, 0.15) is 49.4 Å². The maximum atomic E-state index is 12.6. The fourth-order valence-electron chi connectivity index (χ4n) is 3.21. The summed E-state index contributed by atoms with van der Waals surface area (Å²) < 4.78 is 25.3. The van der Waals surface area contributed by atoms with Crippen LogP contribution in [0.4, 0.5) is 5.69 Å². The smallest absolute Gasteiger partial charge is 0.234 e. The van der Waals surface area contributed by atoms with Gasteiger partial charge in [-0.2, -0.15) is 0 Å². The first kappa shape index (κ1) is 21.4. The fraction of sp³-hybridized carbons (Fsp3) is 0.400. The Bertz CT molecular complexity index is 968. The van der Waals surface area contributed by atoms with Crippen molar-refractivity contribution in [2.24, 2.45) is 0 Å². The Balaban J connectivity index is 1.54. The molecule has 1 aromatic heterocycles. The van der Waals surface area contributed by atoms with Gasteiger partial charge in [-0.15, -0.1) is 10.2 Å².